The van der Waals surface area contributed by atoms with E-state index in [1.54, 1.807) is 24.3 Å². The molecule has 0 radical (unpaired) electrons. The van der Waals surface area contributed by atoms with E-state index in [4.69, 9.17) is 10.5 Å². The van der Waals surface area contributed by atoms with E-state index in [2.05, 4.69) is 14.9 Å². The SMILES string of the molecule is Nc1ccccc1OCC(=O)Nc1cnns1. The summed E-state index contributed by atoms with van der Waals surface area (Å²) < 4.78 is 8.90. The van der Waals surface area contributed by atoms with E-state index in [9.17, 15) is 4.79 Å². The van der Waals surface area contributed by atoms with Gasteiger partial charge in [-0.3, -0.25) is 4.79 Å². The first-order valence-corrected chi connectivity index (χ1v) is 5.57. The zero-order valence-corrected chi connectivity index (χ0v) is 9.61. The Morgan fingerprint density at radius 3 is 3.00 bits per heavy atom. The van der Waals surface area contributed by atoms with Gasteiger partial charge in [0.25, 0.3) is 5.91 Å². The summed E-state index contributed by atoms with van der Waals surface area (Å²) in [5, 5.41) is 6.78. The number of carbonyl (C=O) groups is 1. The topological polar surface area (TPSA) is 90.1 Å². The summed E-state index contributed by atoms with van der Waals surface area (Å²) in [6.07, 6.45) is 1.47. The minimum Gasteiger partial charge on any atom is -0.482 e. The number of rotatable bonds is 4. The summed E-state index contributed by atoms with van der Waals surface area (Å²) in [4.78, 5) is 11.5. The molecule has 88 valence electrons. The van der Waals surface area contributed by atoms with Crippen LogP contribution in [0.2, 0.25) is 0 Å². The first-order valence-electron chi connectivity index (χ1n) is 4.80. The lowest BCUT2D eigenvalue weighted by Crippen LogP contribution is -2.19. The number of nitrogens with two attached hydrogens (primary N) is 1. The number of para-hydroxylation sites is 2. The van der Waals surface area contributed by atoms with Crippen molar-refractivity contribution in [2.75, 3.05) is 17.7 Å². The van der Waals surface area contributed by atoms with Crippen LogP contribution in [-0.2, 0) is 4.79 Å². The number of nitrogens with one attached hydrogen (secondary N) is 1. The van der Waals surface area contributed by atoms with Gasteiger partial charge < -0.3 is 15.8 Å². The van der Waals surface area contributed by atoms with Crippen molar-refractivity contribution in [3.63, 3.8) is 0 Å². The lowest BCUT2D eigenvalue weighted by atomic mass is 10.3. The predicted octanol–water partition coefficient (Wildman–Crippen LogP) is 1.14. The van der Waals surface area contributed by atoms with Gasteiger partial charge in [0.15, 0.2) is 6.61 Å². The fourth-order valence-electron chi connectivity index (χ4n) is 1.15. The molecule has 0 atom stereocenters. The molecule has 1 aromatic carbocycles. The summed E-state index contributed by atoms with van der Waals surface area (Å²) in [5.41, 5.74) is 6.17. The molecule has 0 aliphatic heterocycles. The Morgan fingerprint density at radius 2 is 2.29 bits per heavy atom. The monoisotopic (exact) mass is 250 g/mol. The Morgan fingerprint density at radius 1 is 1.47 bits per heavy atom. The minimum absolute atomic E-state index is 0.105. The van der Waals surface area contributed by atoms with Crippen molar-refractivity contribution >= 4 is 28.1 Å². The number of benzene rings is 1. The van der Waals surface area contributed by atoms with Crippen LogP contribution in [0, 0.1) is 0 Å². The van der Waals surface area contributed by atoms with E-state index in [0.717, 1.165) is 11.5 Å². The highest BCUT2D eigenvalue weighted by Crippen LogP contribution is 2.19. The van der Waals surface area contributed by atoms with E-state index in [1.165, 1.54) is 6.20 Å². The van der Waals surface area contributed by atoms with E-state index < -0.39 is 0 Å². The first-order chi connectivity index (χ1) is 8.25. The highest BCUT2D eigenvalue weighted by atomic mass is 32.1. The van der Waals surface area contributed by atoms with Crippen LogP contribution in [0.1, 0.15) is 0 Å². The number of ether oxygens (including phenoxy) is 1. The maximum absolute atomic E-state index is 11.5. The molecule has 1 aromatic heterocycles. The second-order valence-electron chi connectivity index (χ2n) is 3.16. The maximum atomic E-state index is 11.5. The average molecular weight is 250 g/mol. The third-order valence-electron chi connectivity index (χ3n) is 1.90. The zero-order chi connectivity index (χ0) is 12.1. The van der Waals surface area contributed by atoms with E-state index in [-0.39, 0.29) is 12.5 Å². The molecule has 0 saturated carbocycles. The molecular weight excluding hydrogens is 240 g/mol. The van der Waals surface area contributed by atoms with Crippen molar-refractivity contribution in [1.82, 2.24) is 9.59 Å². The van der Waals surface area contributed by atoms with Gasteiger partial charge in [0.2, 0.25) is 0 Å². The number of nitrogen functional groups attached to an aromatic ring is 1. The quantitative estimate of drug-likeness (QED) is 0.794. The Bertz CT molecular complexity index is 501. The molecule has 7 heteroatoms. The molecule has 0 aliphatic carbocycles. The lowest BCUT2D eigenvalue weighted by molar-refractivity contribution is -0.118. The Labute approximate surface area is 102 Å². The number of hydrogen-bond acceptors (Lipinski definition) is 6. The van der Waals surface area contributed by atoms with Crippen LogP contribution in [0.15, 0.2) is 30.5 Å². The highest BCUT2D eigenvalue weighted by molar-refractivity contribution is 7.10. The maximum Gasteiger partial charge on any atom is 0.262 e. The van der Waals surface area contributed by atoms with E-state index in [1.807, 2.05) is 0 Å². The van der Waals surface area contributed by atoms with E-state index in [0.29, 0.717) is 16.4 Å². The fraction of sp³-hybridized carbons (Fsp3) is 0.100. The van der Waals surface area contributed by atoms with Crippen LogP contribution in [0.4, 0.5) is 10.7 Å². The van der Waals surface area contributed by atoms with Crippen molar-refractivity contribution < 1.29 is 9.53 Å². The van der Waals surface area contributed by atoms with Gasteiger partial charge in [-0.1, -0.05) is 16.6 Å². The standard InChI is InChI=1S/C10H10N4O2S/c11-7-3-1-2-4-8(7)16-6-9(15)13-10-5-12-14-17-10/h1-5H,6,11H2,(H,13,15). The molecule has 2 rings (SSSR count). The number of hydrogen-bond donors (Lipinski definition) is 2. The van der Waals surface area contributed by atoms with Gasteiger partial charge in [0, 0.05) is 11.5 Å². The van der Waals surface area contributed by atoms with Gasteiger partial charge in [-0.15, -0.1) is 5.10 Å². The average Bonchev–Trinajstić information content (AvgIpc) is 2.81. The van der Waals surface area contributed by atoms with Crippen molar-refractivity contribution in [1.29, 1.82) is 0 Å². The molecule has 3 N–H and O–H groups in total. The first kappa shape index (κ1) is 11.3. The molecule has 17 heavy (non-hydrogen) atoms. The molecule has 0 saturated heterocycles. The van der Waals surface area contributed by atoms with Gasteiger partial charge in [-0.05, 0) is 12.1 Å². The summed E-state index contributed by atoms with van der Waals surface area (Å²) in [6, 6.07) is 7.00. The number of nitrogens with zero attached hydrogens (tertiary/aromatic N) is 2. The fourth-order valence-corrected chi connectivity index (χ4v) is 1.59. The zero-order valence-electron chi connectivity index (χ0n) is 8.79. The molecule has 0 aliphatic rings. The Hall–Kier alpha value is -2.15. The number of anilines is 2. The van der Waals surface area contributed by atoms with Crippen molar-refractivity contribution in [2.24, 2.45) is 0 Å². The highest BCUT2D eigenvalue weighted by Gasteiger charge is 2.06. The third kappa shape index (κ3) is 3.15. The smallest absolute Gasteiger partial charge is 0.262 e. The molecule has 0 spiro atoms. The number of amides is 1. The van der Waals surface area contributed by atoms with Gasteiger partial charge in [0.1, 0.15) is 10.8 Å². The molecule has 0 bridgehead atoms. The Balaban J connectivity index is 1.86. The van der Waals surface area contributed by atoms with Crippen LogP contribution in [-0.4, -0.2) is 22.1 Å². The summed E-state index contributed by atoms with van der Waals surface area (Å²) >= 11 is 1.10. The van der Waals surface area contributed by atoms with Crippen LogP contribution in [0.5, 0.6) is 5.75 Å². The van der Waals surface area contributed by atoms with Crippen LogP contribution in [0.3, 0.4) is 0 Å². The van der Waals surface area contributed by atoms with E-state index >= 15 is 0 Å². The largest absolute Gasteiger partial charge is 0.482 e. The second-order valence-corrected chi connectivity index (χ2v) is 3.94. The summed E-state index contributed by atoms with van der Waals surface area (Å²) in [7, 11) is 0. The van der Waals surface area contributed by atoms with Gasteiger partial charge in [-0.25, -0.2) is 0 Å². The van der Waals surface area contributed by atoms with Crippen LogP contribution >= 0.6 is 11.5 Å². The number of aromatic nitrogens is 2. The Kier molecular flexibility index (Phi) is 3.51. The molecule has 1 heterocycles. The van der Waals surface area contributed by atoms with Gasteiger partial charge in [-0.2, -0.15) is 0 Å². The van der Waals surface area contributed by atoms with Crippen molar-refractivity contribution in [2.45, 2.75) is 0 Å². The molecule has 6 nitrogen and oxygen atoms in total. The van der Waals surface area contributed by atoms with Gasteiger partial charge >= 0.3 is 0 Å². The molecule has 2 aromatic rings. The molecule has 1 amide bonds. The molecule has 0 unspecified atom stereocenters. The second kappa shape index (κ2) is 5.26. The lowest BCUT2D eigenvalue weighted by Gasteiger charge is -2.07. The predicted molar refractivity (Wildman–Crippen MR) is 64.9 cm³/mol. The van der Waals surface area contributed by atoms with Crippen LogP contribution in [0.25, 0.3) is 0 Å². The van der Waals surface area contributed by atoms with Crippen molar-refractivity contribution in [3.05, 3.63) is 30.5 Å². The minimum atomic E-state index is -0.278. The summed E-state index contributed by atoms with van der Waals surface area (Å²) in [6.45, 7) is -0.105. The van der Waals surface area contributed by atoms with Crippen molar-refractivity contribution in [3.8, 4) is 5.75 Å². The normalized spacial score (nSPS) is 9.88. The number of carbonyl (C=O) groups excluding carboxylic acids is 1. The van der Waals surface area contributed by atoms with Gasteiger partial charge in [0.05, 0.1) is 11.9 Å². The molecular formula is C10H10N4O2S. The van der Waals surface area contributed by atoms with Crippen LogP contribution < -0.4 is 15.8 Å². The summed E-state index contributed by atoms with van der Waals surface area (Å²) in [5.74, 6) is 0.212. The molecule has 0 fully saturated rings. The third-order valence-corrected chi connectivity index (χ3v) is 2.48.